The molecule has 0 heterocycles. The summed E-state index contributed by atoms with van der Waals surface area (Å²) in [6.45, 7) is 3.80. The standard InChI is InChI=1S/C16H18FN3O/c1-3-8-16(11-19,9-4-2)15(21)20-14-7-5-6-13(17)12(14)10-18/h5-7H,3-4,8-9H2,1-2H3,(H,20,21). The second kappa shape index (κ2) is 7.40. The van der Waals surface area contributed by atoms with Gasteiger partial charge in [-0.05, 0) is 25.0 Å². The number of nitrogens with zero attached hydrogens (tertiary/aromatic N) is 2. The van der Waals surface area contributed by atoms with Crippen LogP contribution in [0.5, 0.6) is 0 Å². The molecule has 0 aromatic heterocycles. The van der Waals surface area contributed by atoms with Crippen LogP contribution < -0.4 is 5.32 Å². The molecule has 1 N–H and O–H groups in total. The van der Waals surface area contributed by atoms with Crippen molar-refractivity contribution in [3.63, 3.8) is 0 Å². The molecule has 0 saturated heterocycles. The Morgan fingerprint density at radius 3 is 2.38 bits per heavy atom. The molecular formula is C16H18FN3O. The lowest BCUT2D eigenvalue weighted by Gasteiger charge is -2.24. The van der Waals surface area contributed by atoms with E-state index in [4.69, 9.17) is 5.26 Å². The second-order valence-electron chi connectivity index (χ2n) is 4.92. The number of nitriles is 2. The molecule has 0 aliphatic carbocycles. The van der Waals surface area contributed by atoms with E-state index in [0.717, 1.165) is 6.07 Å². The molecule has 0 fully saturated rings. The Bertz CT molecular complexity index is 593. The average Bonchev–Trinajstić information content (AvgIpc) is 2.47. The van der Waals surface area contributed by atoms with Gasteiger partial charge in [0.05, 0.1) is 11.8 Å². The summed E-state index contributed by atoms with van der Waals surface area (Å²) in [5.74, 6) is -1.17. The van der Waals surface area contributed by atoms with E-state index >= 15 is 0 Å². The highest BCUT2D eigenvalue weighted by Crippen LogP contribution is 2.31. The number of anilines is 1. The average molecular weight is 287 g/mol. The second-order valence-corrected chi connectivity index (χ2v) is 4.92. The minimum atomic E-state index is -1.14. The Kier molecular flexibility index (Phi) is 5.87. The van der Waals surface area contributed by atoms with E-state index in [9.17, 15) is 14.4 Å². The van der Waals surface area contributed by atoms with Gasteiger partial charge in [-0.3, -0.25) is 4.79 Å². The van der Waals surface area contributed by atoms with Crippen molar-refractivity contribution < 1.29 is 9.18 Å². The monoisotopic (exact) mass is 287 g/mol. The van der Waals surface area contributed by atoms with Crippen molar-refractivity contribution in [2.24, 2.45) is 5.41 Å². The minimum Gasteiger partial charge on any atom is -0.323 e. The first-order chi connectivity index (χ1) is 10.0. The largest absolute Gasteiger partial charge is 0.323 e. The lowest BCUT2D eigenvalue weighted by Crippen LogP contribution is -2.35. The van der Waals surface area contributed by atoms with Crippen molar-refractivity contribution in [2.45, 2.75) is 39.5 Å². The molecule has 1 amide bonds. The van der Waals surface area contributed by atoms with E-state index in [-0.39, 0.29) is 11.3 Å². The molecule has 1 rings (SSSR count). The first kappa shape index (κ1) is 16.7. The predicted octanol–water partition coefficient (Wildman–Crippen LogP) is 3.75. The van der Waals surface area contributed by atoms with E-state index in [1.807, 2.05) is 13.8 Å². The van der Waals surface area contributed by atoms with E-state index in [1.165, 1.54) is 12.1 Å². The number of carbonyl (C=O) groups is 1. The molecule has 0 saturated carbocycles. The van der Waals surface area contributed by atoms with Gasteiger partial charge in [0.25, 0.3) is 0 Å². The molecule has 0 aliphatic rings. The smallest absolute Gasteiger partial charge is 0.244 e. The lowest BCUT2D eigenvalue weighted by atomic mass is 9.79. The van der Waals surface area contributed by atoms with E-state index in [1.54, 1.807) is 6.07 Å². The van der Waals surface area contributed by atoms with Gasteiger partial charge in [0.1, 0.15) is 22.9 Å². The normalized spacial score (nSPS) is 10.5. The van der Waals surface area contributed by atoms with Crippen molar-refractivity contribution in [1.29, 1.82) is 10.5 Å². The summed E-state index contributed by atoms with van der Waals surface area (Å²) in [4.78, 5) is 12.5. The number of benzene rings is 1. The summed E-state index contributed by atoms with van der Waals surface area (Å²) in [5, 5.41) is 20.9. The molecule has 1 aromatic rings. The lowest BCUT2D eigenvalue weighted by molar-refractivity contribution is -0.123. The summed E-state index contributed by atoms with van der Waals surface area (Å²) in [6.07, 6.45) is 2.24. The summed E-state index contributed by atoms with van der Waals surface area (Å²) in [6, 6.07) is 7.86. The fourth-order valence-electron chi connectivity index (χ4n) is 2.35. The zero-order chi connectivity index (χ0) is 15.9. The fourth-order valence-corrected chi connectivity index (χ4v) is 2.35. The van der Waals surface area contributed by atoms with Crippen molar-refractivity contribution in [1.82, 2.24) is 0 Å². The van der Waals surface area contributed by atoms with Gasteiger partial charge < -0.3 is 5.32 Å². The first-order valence-electron chi connectivity index (χ1n) is 6.96. The molecule has 0 atom stereocenters. The molecule has 21 heavy (non-hydrogen) atoms. The van der Waals surface area contributed by atoms with E-state index in [0.29, 0.717) is 25.7 Å². The van der Waals surface area contributed by atoms with Crippen LogP contribution in [0.2, 0.25) is 0 Å². The third-order valence-corrected chi connectivity index (χ3v) is 3.38. The Labute approximate surface area is 124 Å². The Morgan fingerprint density at radius 1 is 1.29 bits per heavy atom. The van der Waals surface area contributed by atoms with Gasteiger partial charge in [-0.15, -0.1) is 0 Å². The minimum absolute atomic E-state index is 0.106. The zero-order valence-corrected chi connectivity index (χ0v) is 12.2. The highest BCUT2D eigenvalue weighted by Gasteiger charge is 2.37. The number of nitrogens with one attached hydrogen (secondary N) is 1. The van der Waals surface area contributed by atoms with Crippen LogP contribution in [-0.4, -0.2) is 5.91 Å². The van der Waals surface area contributed by atoms with Gasteiger partial charge in [0.2, 0.25) is 5.91 Å². The number of hydrogen-bond acceptors (Lipinski definition) is 3. The van der Waals surface area contributed by atoms with Gasteiger partial charge in [-0.25, -0.2) is 4.39 Å². The summed E-state index contributed by atoms with van der Waals surface area (Å²) in [5.41, 5.74) is -1.25. The first-order valence-corrected chi connectivity index (χ1v) is 6.96. The summed E-state index contributed by atoms with van der Waals surface area (Å²) >= 11 is 0. The Morgan fingerprint density at radius 2 is 1.90 bits per heavy atom. The maximum Gasteiger partial charge on any atom is 0.244 e. The van der Waals surface area contributed by atoms with Crippen LogP contribution in [0, 0.1) is 33.9 Å². The Balaban J connectivity index is 3.12. The molecule has 4 nitrogen and oxygen atoms in total. The predicted molar refractivity (Wildman–Crippen MR) is 77.6 cm³/mol. The molecule has 0 unspecified atom stereocenters. The van der Waals surface area contributed by atoms with Crippen molar-refractivity contribution in [3.8, 4) is 12.1 Å². The van der Waals surface area contributed by atoms with Crippen LogP contribution in [0.1, 0.15) is 45.1 Å². The Hall–Kier alpha value is -2.40. The SMILES string of the molecule is CCCC(C#N)(CCC)C(=O)Nc1cccc(F)c1C#N. The van der Waals surface area contributed by atoms with Crippen LogP contribution in [0.15, 0.2) is 18.2 Å². The van der Waals surface area contributed by atoms with Gasteiger partial charge >= 0.3 is 0 Å². The maximum absolute atomic E-state index is 13.5. The van der Waals surface area contributed by atoms with Crippen molar-refractivity contribution in [2.75, 3.05) is 5.32 Å². The van der Waals surface area contributed by atoms with Gasteiger partial charge in [0, 0.05) is 0 Å². The number of hydrogen-bond donors (Lipinski definition) is 1. The quantitative estimate of drug-likeness (QED) is 0.865. The highest BCUT2D eigenvalue weighted by molar-refractivity contribution is 5.98. The topological polar surface area (TPSA) is 76.7 Å². The summed E-state index contributed by atoms with van der Waals surface area (Å²) in [7, 11) is 0. The molecule has 0 spiro atoms. The van der Waals surface area contributed by atoms with Crippen molar-refractivity contribution >= 4 is 11.6 Å². The maximum atomic E-state index is 13.5. The molecule has 0 radical (unpaired) electrons. The third-order valence-electron chi connectivity index (χ3n) is 3.38. The van der Waals surface area contributed by atoms with Crippen LogP contribution >= 0.6 is 0 Å². The van der Waals surface area contributed by atoms with Crippen LogP contribution in [0.4, 0.5) is 10.1 Å². The van der Waals surface area contributed by atoms with Crippen molar-refractivity contribution in [3.05, 3.63) is 29.6 Å². The van der Waals surface area contributed by atoms with E-state index < -0.39 is 17.1 Å². The number of carbonyl (C=O) groups excluding carboxylic acids is 1. The van der Waals surface area contributed by atoms with Gasteiger partial charge in [0.15, 0.2) is 0 Å². The van der Waals surface area contributed by atoms with E-state index in [2.05, 4.69) is 11.4 Å². The number of halogens is 1. The van der Waals surface area contributed by atoms with Crippen LogP contribution in [0.25, 0.3) is 0 Å². The third kappa shape index (κ3) is 3.58. The number of rotatable bonds is 6. The molecular weight excluding hydrogens is 269 g/mol. The van der Waals surface area contributed by atoms with Crippen LogP contribution in [-0.2, 0) is 4.79 Å². The molecule has 1 aromatic carbocycles. The molecule has 5 heteroatoms. The summed E-state index contributed by atoms with van der Waals surface area (Å²) < 4.78 is 13.5. The van der Waals surface area contributed by atoms with Gasteiger partial charge in [-0.2, -0.15) is 10.5 Å². The zero-order valence-electron chi connectivity index (χ0n) is 12.2. The fraction of sp³-hybridized carbons (Fsp3) is 0.438. The molecule has 110 valence electrons. The molecule has 0 aliphatic heterocycles. The number of amides is 1. The van der Waals surface area contributed by atoms with Crippen LogP contribution in [0.3, 0.4) is 0 Å². The highest BCUT2D eigenvalue weighted by atomic mass is 19.1. The molecule has 0 bridgehead atoms. The van der Waals surface area contributed by atoms with Gasteiger partial charge in [-0.1, -0.05) is 32.8 Å².